The molecule has 3 nitrogen and oxygen atoms in total. The minimum Gasteiger partial charge on any atom is -0.307 e. The maximum absolute atomic E-state index is 14.4. The van der Waals surface area contributed by atoms with Gasteiger partial charge in [0.2, 0.25) is 0 Å². The predicted molar refractivity (Wildman–Crippen MR) is 139 cm³/mol. The third-order valence-electron chi connectivity index (χ3n) is 7.82. The van der Waals surface area contributed by atoms with Crippen LogP contribution in [0.3, 0.4) is 0 Å². The highest BCUT2D eigenvalue weighted by Gasteiger charge is 2.46. The van der Waals surface area contributed by atoms with Crippen molar-refractivity contribution in [1.82, 2.24) is 4.90 Å². The SMILES string of the molecule is Cc1cccc(CN2CCC3(CC2)CN(C(=O)c2ccc4ccccc4c2)c2ccc(F)cc23)c1. The summed E-state index contributed by atoms with van der Waals surface area (Å²) >= 11 is 0. The summed E-state index contributed by atoms with van der Waals surface area (Å²) in [7, 11) is 0. The molecule has 35 heavy (non-hydrogen) atoms. The normalized spacial score (nSPS) is 17.1. The van der Waals surface area contributed by atoms with Crippen LogP contribution in [0, 0.1) is 12.7 Å². The van der Waals surface area contributed by atoms with Crippen LogP contribution in [0.1, 0.15) is 39.9 Å². The van der Waals surface area contributed by atoms with E-state index in [1.54, 1.807) is 12.1 Å². The lowest BCUT2D eigenvalue weighted by atomic mass is 9.74. The highest BCUT2D eigenvalue weighted by molar-refractivity contribution is 6.09. The lowest BCUT2D eigenvalue weighted by molar-refractivity contribution is 0.0975. The summed E-state index contributed by atoms with van der Waals surface area (Å²) in [6, 6.07) is 27.6. The van der Waals surface area contributed by atoms with Gasteiger partial charge >= 0.3 is 0 Å². The molecule has 1 spiro atoms. The third-order valence-corrected chi connectivity index (χ3v) is 7.82. The van der Waals surface area contributed by atoms with Gasteiger partial charge in [-0.25, -0.2) is 4.39 Å². The molecule has 2 heterocycles. The minimum atomic E-state index is -0.231. The summed E-state index contributed by atoms with van der Waals surface area (Å²) in [6.07, 6.45) is 1.83. The first kappa shape index (κ1) is 22.0. The first-order valence-electron chi connectivity index (χ1n) is 12.4. The van der Waals surface area contributed by atoms with Crippen LogP contribution in [-0.4, -0.2) is 30.4 Å². The topological polar surface area (TPSA) is 23.6 Å². The van der Waals surface area contributed by atoms with E-state index in [1.165, 1.54) is 17.2 Å². The maximum Gasteiger partial charge on any atom is 0.258 e. The van der Waals surface area contributed by atoms with Gasteiger partial charge in [-0.2, -0.15) is 0 Å². The number of benzene rings is 4. The molecule has 0 aliphatic carbocycles. The summed E-state index contributed by atoms with van der Waals surface area (Å²) in [6.45, 7) is 5.52. The Kier molecular flexibility index (Phi) is 5.42. The molecule has 6 rings (SSSR count). The lowest BCUT2D eigenvalue weighted by Crippen LogP contribution is -2.45. The van der Waals surface area contributed by atoms with Crippen LogP contribution in [0.15, 0.2) is 84.9 Å². The van der Waals surface area contributed by atoms with Gasteiger partial charge < -0.3 is 4.90 Å². The number of carbonyl (C=O) groups excluding carboxylic acids is 1. The molecule has 0 radical (unpaired) electrons. The Morgan fingerprint density at radius 2 is 1.69 bits per heavy atom. The number of aryl methyl sites for hydroxylation is 1. The van der Waals surface area contributed by atoms with Crippen LogP contribution in [0.2, 0.25) is 0 Å². The van der Waals surface area contributed by atoms with E-state index in [0.717, 1.165) is 54.5 Å². The molecule has 0 N–H and O–H groups in total. The van der Waals surface area contributed by atoms with E-state index in [-0.39, 0.29) is 17.1 Å². The molecule has 0 saturated carbocycles. The van der Waals surface area contributed by atoms with Crippen molar-refractivity contribution in [2.24, 2.45) is 0 Å². The Morgan fingerprint density at radius 3 is 2.49 bits per heavy atom. The summed E-state index contributed by atoms with van der Waals surface area (Å²) in [5.41, 5.74) is 4.92. The van der Waals surface area contributed by atoms with Gasteiger partial charge in [0, 0.05) is 29.8 Å². The zero-order valence-electron chi connectivity index (χ0n) is 20.0. The minimum absolute atomic E-state index is 0.0114. The summed E-state index contributed by atoms with van der Waals surface area (Å²) in [5, 5.41) is 2.17. The van der Waals surface area contributed by atoms with Gasteiger partial charge in [0.15, 0.2) is 0 Å². The largest absolute Gasteiger partial charge is 0.307 e. The lowest BCUT2D eigenvalue weighted by Gasteiger charge is -2.40. The molecule has 0 atom stereocenters. The van der Waals surface area contributed by atoms with Crippen molar-refractivity contribution < 1.29 is 9.18 Å². The molecule has 2 aliphatic heterocycles. The van der Waals surface area contributed by atoms with E-state index < -0.39 is 0 Å². The molecule has 4 heteroatoms. The molecule has 0 bridgehead atoms. The highest BCUT2D eigenvalue weighted by atomic mass is 19.1. The summed E-state index contributed by atoms with van der Waals surface area (Å²) in [5.74, 6) is -0.243. The number of amides is 1. The molecule has 4 aromatic rings. The van der Waals surface area contributed by atoms with Crippen molar-refractivity contribution in [3.05, 3.63) is 113 Å². The second kappa shape index (κ2) is 8.62. The Bertz CT molecular complexity index is 1420. The number of piperidine rings is 1. The first-order chi connectivity index (χ1) is 17.0. The van der Waals surface area contributed by atoms with Gasteiger partial charge in [-0.15, -0.1) is 0 Å². The van der Waals surface area contributed by atoms with Crippen molar-refractivity contribution in [1.29, 1.82) is 0 Å². The summed E-state index contributed by atoms with van der Waals surface area (Å²) in [4.78, 5) is 18.1. The summed E-state index contributed by atoms with van der Waals surface area (Å²) < 4.78 is 14.4. The van der Waals surface area contributed by atoms with Crippen molar-refractivity contribution in [3.8, 4) is 0 Å². The van der Waals surface area contributed by atoms with E-state index >= 15 is 0 Å². The van der Waals surface area contributed by atoms with E-state index in [4.69, 9.17) is 0 Å². The fourth-order valence-electron chi connectivity index (χ4n) is 5.94. The van der Waals surface area contributed by atoms with E-state index in [9.17, 15) is 9.18 Å². The van der Waals surface area contributed by atoms with E-state index in [0.29, 0.717) is 12.1 Å². The van der Waals surface area contributed by atoms with Crippen molar-refractivity contribution >= 4 is 22.4 Å². The van der Waals surface area contributed by atoms with Gasteiger partial charge in [-0.05, 0) is 85.1 Å². The fourth-order valence-corrected chi connectivity index (χ4v) is 5.94. The number of hydrogen-bond donors (Lipinski definition) is 0. The smallest absolute Gasteiger partial charge is 0.258 e. The average Bonchev–Trinajstić information content (AvgIpc) is 3.18. The molecule has 1 saturated heterocycles. The van der Waals surface area contributed by atoms with Gasteiger partial charge in [0.25, 0.3) is 5.91 Å². The first-order valence-corrected chi connectivity index (χ1v) is 12.4. The molecule has 2 aliphatic rings. The number of halogens is 1. The zero-order chi connectivity index (χ0) is 24.0. The van der Waals surface area contributed by atoms with Gasteiger partial charge in [-0.1, -0.05) is 60.2 Å². The average molecular weight is 465 g/mol. The van der Waals surface area contributed by atoms with Crippen LogP contribution >= 0.6 is 0 Å². The second-order valence-corrected chi connectivity index (χ2v) is 10.2. The third kappa shape index (κ3) is 4.02. The van der Waals surface area contributed by atoms with Gasteiger partial charge in [0.1, 0.15) is 5.82 Å². The van der Waals surface area contributed by atoms with Crippen LogP contribution in [0.25, 0.3) is 10.8 Å². The number of hydrogen-bond acceptors (Lipinski definition) is 2. The number of likely N-dealkylation sites (tertiary alicyclic amines) is 1. The Hall–Kier alpha value is -3.50. The van der Waals surface area contributed by atoms with E-state index in [1.807, 2.05) is 41.3 Å². The number of carbonyl (C=O) groups is 1. The van der Waals surface area contributed by atoms with Crippen LogP contribution < -0.4 is 4.90 Å². The predicted octanol–water partition coefficient (Wildman–Crippen LogP) is 6.48. The number of nitrogens with zero attached hydrogens (tertiary/aromatic N) is 2. The Labute approximate surface area is 205 Å². The molecule has 1 fully saturated rings. The van der Waals surface area contributed by atoms with Crippen molar-refractivity contribution in [2.75, 3.05) is 24.5 Å². The van der Waals surface area contributed by atoms with Crippen LogP contribution in [0.5, 0.6) is 0 Å². The van der Waals surface area contributed by atoms with Crippen molar-refractivity contribution in [2.45, 2.75) is 31.7 Å². The Balaban J connectivity index is 1.27. The molecular weight excluding hydrogens is 435 g/mol. The number of fused-ring (bicyclic) bond motifs is 3. The van der Waals surface area contributed by atoms with Gasteiger partial charge in [0.05, 0.1) is 0 Å². The molecule has 176 valence electrons. The second-order valence-electron chi connectivity index (χ2n) is 10.2. The van der Waals surface area contributed by atoms with E-state index in [2.05, 4.69) is 42.2 Å². The molecule has 0 aromatic heterocycles. The zero-order valence-corrected chi connectivity index (χ0v) is 20.0. The molecule has 0 unspecified atom stereocenters. The standard InChI is InChI=1S/C31H29FN2O/c1-22-5-4-6-23(17-22)20-33-15-13-31(14-16-33)21-34(29-12-11-27(32)19-28(29)31)30(35)26-10-9-24-7-2-3-8-25(24)18-26/h2-12,17-19H,13-16,20-21H2,1H3. The molecule has 1 amide bonds. The van der Waals surface area contributed by atoms with Crippen LogP contribution in [-0.2, 0) is 12.0 Å². The molecule has 4 aromatic carbocycles. The van der Waals surface area contributed by atoms with Crippen LogP contribution in [0.4, 0.5) is 10.1 Å². The monoisotopic (exact) mass is 464 g/mol. The number of rotatable bonds is 3. The highest BCUT2D eigenvalue weighted by Crippen LogP contribution is 2.48. The van der Waals surface area contributed by atoms with Gasteiger partial charge in [-0.3, -0.25) is 9.69 Å². The quantitative estimate of drug-likeness (QED) is 0.346. The molecular formula is C31H29FN2O. The fraction of sp³-hybridized carbons (Fsp3) is 0.258. The Morgan fingerprint density at radius 1 is 0.886 bits per heavy atom. The van der Waals surface area contributed by atoms with Crippen molar-refractivity contribution in [3.63, 3.8) is 0 Å². The number of anilines is 1. The maximum atomic E-state index is 14.4.